The number of hydrogen-bond donors (Lipinski definition) is 4. The molecule has 0 saturated heterocycles. The molecule has 4 N–H and O–H groups in total. The third-order valence-corrected chi connectivity index (χ3v) is 2.48. The van der Waals surface area contributed by atoms with Crippen LogP contribution in [-0.4, -0.2) is 21.7 Å². The molecule has 0 fully saturated rings. The second-order valence-corrected chi connectivity index (χ2v) is 3.70. The fraction of sp³-hybridized carbons (Fsp3) is 0. The quantitative estimate of drug-likeness (QED) is 0.623. The molecule has 5 heteroatoms. The van der Waals surface area contributed by atoms with Gasteiger partial charge in [0.2, 0.25) is 6.41 Å². The molecule has 2 aromatic rings. The number of hydrogen-bond acceptors (Lipinski definition) is 4. The van der Waals surface area contributed by atoms with Crippen LogP contribution in [0.4, 0.5) is 5.69 Å². The minimum atomic E-state index is -0.219. The van der Waals surface area contributed by atoms with Gasteiger partial charge in [-0.1, -0.05) is 12.1 Å². The zero-order chi connectivity index (χ0) is 13.1. The van der Waals surface area contributed by atoms with E-state index >= 15 is 0 Å². The van der Waals surface area contributed by atoms with Crippen molar-refractivity contribution in [2.75, 3.05) is 5.32 Å². The summed E-state index contributed by atoms with van der Waals surface area (Å²) in [6.07, 6.45) is 0.560. The minimum absolute atomic E-state index is 0.215. The fourth-order valence-electron chi connectivity index (χ4n) is 1.69. The first-order valence-corrected chi connectivity index (χ1v) is 5.17. The molecule has 0 radical (unpaired) electrons. The lowest BCUT2D eigenvalue weighted by Crippen LogP contribution is -1.92. The molecule has 1 amide bonds. The van der Waals surface area contributed by atoms with Crippen LogP contribution < -0.4 is 5.32 Å². The average molecular weight is 245 g/mol. The standard InChI is InChI=1S/C13H11NO4/c15-7-14-9-3-1-8(2-4-9)13-11(17)5-10(16)6-12(13)18/h1-7,16-18H,(H,14,15). The molecular formula is C13H11NO4. The van der Waals surface area contributed by atoms with Crippen LogP contribution in [0.1, 0.15) is 0 Å². The van der Waals surface area contributed by atoms with Crippen molar-refractivity contribution in [2.24, 2.45) is 0 Å². The highest BCUT2D eigenvalue weighted by molar-refractivity contribution is 5.79. The number of carbonyl (C=O) groups is 1. The Bertz CT molecular complexity index is 555. The number of anilines is 1. The van der Waals surface area contributed by atoms with Gasteiger partial charge in [-0.3, -0.25) is 4.79 Å². The molecule has 0 saturated carbocycles. The summed E-state index contributed by atoms with van der Waals surface area (Å²) in [4.78, 5) is 10.3. The van der Waals surface area contributed by atoms with Crippen molar-refractivity contribution in [3.05, 3.63) is 36.4 Å². The molecule has 92 valence electrons. The number of rotatable bonds is 3. The van der Waals surface area contributed by atoms with E-state index in [0.29, 0.717) is 17.7 Å². The molecular weight excluding hydrogens is 234 g/mol. The lowest BCUT2D eigenvalue weighted by Gasteiger charge is -2.09. The maximum Gasteiger partial charge on any atom is 0.211 e. The van der Waals surface area contributed by atoms with E-state index in [1.54, 1.807) is 24.3 Å². The Morgan fingerprint density at radius 1 is 0.944 bits per heavy atom. The second kappa shape index (κ2) is 4.67. The zero-order valence-electron chi connectivity index (χ0n) is 9.29. The number of phenols is 3. The predicted molar refractivity (Wildman–Crippen MR) is 66.6 cm³/mol. The van der Waals surface area contributed by atoms with Crippen LogP contribution in [0.15, 0.2) is 36.4 Å². The number of amides is 1. The average Bonchev–Trinajstić information content (AvgIpc) is 2.30. The van der Waals surface area contributed by atoms with Crippen LogP contribution in [0.3, 0.4) is 0 Å². The molecule has 2 rings (SSSR count). The van der Waals surface area contributed by atoms with E-state index in [4.69, 9.17) is 0 Å². The van der Waals surface area contributed by atoms with Gasteiger partial charge in [0.15, 0.2) is 0 Å². The van der Waals surface area contributed by atoms with Gasteiger partial charge in [0, 0.05) is 17.8 Å². The van der Waals surface area contributed by atoms with Gasteiger partial charge in [-0.15, -0.1) is 0 Å². The third-order valence-electron chi connectivity index (χ3n) is 2.48. The van der Waals surface area contributed by atoms with E-state index in [9.17, 15) is 20.1 Å². The summed E-state index contributed by atoms with van der Waals surface area (Å²) in [6.45, 7) is 0. The SMILES string of the molecule is O=CNc1ccc(-c2c(O)cc(O)cc2O)cc1. The van der Waals surface area contributed by atoms with Gasteiger partial charge < -0.3 is 20.6 Å². The Morgan fingerprint density at radius 3 is 2.00 bits per heavy atom. The molecule has 0 aliphatic heterocycles. The van der Waals surface area contributed by atoms with E-state index in [-0.39, 0.29) is 22.8 Å². The van der Waals surface area contributed by atoms with Crippen LogP contribution in [0.25, 0.3) is 11.1 Å². The highest BCUT2D eigenvalue weighted by Gasteiger charge is 2.11. The molecule has 0 atom stereocenters. The smallest absolute Gasteiger partial charge is 0.211 e. The minimum Gasteiger partial charge on any atom is -0.508 e. The number of aromatic hydroxyl groups is 3. The van der Waals surface area contributed by atoms with Crippen molar-refractivity contribution in [2.45, 2.75) is 0 Å². The van der Waals surface area contributed by atoms with E-state index in [1.807, 2.05) is 0 Å². The highest BCUT2D eigenvalue weighted by atomic mass is 16.3. The third kappa shape index (κ3) is 2.20. The molecule has 5 nitrogen and oxygen atoms in total. The molecule has 18 heavy (non-hydrogen) atoms. The van der Waals surface area contributed by atoms with Crippen LogP contribution in [0.2, 0.25) is 0 Å². The summed E-state index contributed by atoms with van der Waals surface area (Å²) in [6, 6.07) is 8.83. The maximum atomic E-state index is 10.3. The summed E-state index contributed by atoms with van der Waals surface area (Å²) in [5, 5.41) is 31.1. The fourth-order valence-corrected chi connectivity index (χ4v) is 1.69. The monoisotopic (exact) mass is 245 g/mol. The Labute approximate surface area is 103 Å². The number of nitrogens with one attached hydrogen (secondary N) is 1. The second-order valence-electron chi connectivity index (χ2n) is 3.70. The first-order valence-electron chi connectivity index (χ1n) is 5.17. The van der Waals surface area contributed by atoms with Crippen molar-refractivity contribution in [3.8, 4) is 28.4 Å². The van der Waals surface area contributed by atoms with Crippen LogP contribution in [-0.2, 0) is 4.79 Å². The number of phenolic OH excluding ortho intramolecular Hbond substituents is 3. The predicted octanol–water partition coefficient (Wildman–Crippen LogP) is 2.04. The highest BCUT2D eigenvalue weighted by Crippen LogP contribution is 2.40. The topological polar surface area (TPSA) is 89.8 Å². The van der Waals surface area contributed by atoms with Crippen molar-refractivity contribution >= 4 is 12.1 Å². The van der Waals surface area contributed by atoms with Crippen LogP contribution in [0.5, 0.6) is 17.2 Å². The van der Waals surface area contributed by atoms with E-state index in [2.05, 4.69) is 5.32 Å². The van der Waals surface area contributed by atoms with E-state index in [1.165, 1.54) is 0 Å². The van der Waals surface area contributed by atoms with Gasteiger partial charge in [0.25, 0.3) is 0 Å². The Kier molecular flexibility index (Phi) is 3.05. The Balaban J connectivity index is 2.45. The van der Waals surface area contributed by atoms with Gasteiger partial charge in [0.05, 0.1) is 5.56 Å². The van der Waals surface area contributed by atoms with Gasteiger partial charge in [-0.2, -0.15) is 0 Å². The maximum absolute atomic E-state index is 10.3. The number of benzene rings is 2. The summed E-state index contributed by atoms with van der Waals surface area (Å²) >= 11 is 0. The van der Waals surface area contributed by atoms with Gasteiger partial charge in [0.1, 0.15) is 17.2 Å². The molecule has 0 heterocycles. The van der Waals surface area contributed by atoms with Crippen LogP contribution in [0, 0.1) is 0 Å². The van der Waals surface area contributed by atoms with Crippen molar-refractivity contribution in [3.63, 3.8) is 0 Å². The Morgan fingerprint density at radius 2 is 1.50 bits per heavy atom. The van der Waals surface area contributed by atoms with Crippen molar-refractivity contribution < 1.29 is 20.1 Å². The van der Waals surface area contributed by atoms with E-state index < -0.39 is 0 Å². The van der Waals surface area contributed by atoms with Gasteiger partial charge >= 0.3 is 0 Å². The Hall–Kier alpha value is -2.69. The first kappa shape index (κ1) is 11.8. The molecule has 0 aliphatic rings. The summed E-state index contributed by atoms with van der Waals surface area (Å²) in [5.41, 5.74) is 1.40. The lowest BCUT2D eigenvalue weighted by molar-refractivity contribution is -0.105. The molecule has 0 aromatic heterocycles. The van der Waals surface area contributed by atoms with E-state index in [0.717, 1.165) is 12.1 Å². The normalized spacial score (nSPS) is 10.0. The van der Waals surface area contributed by atoms with Gasteiger partial charge in [-0.05, 0) is 17.7 Å². The summed E-state index contributed by atoms with van der Waals surface area (Å²) < 4.78 is 0. The summed E-state index contributed by atoms with van der Waals surface area (Å²) in [7, 11) is 0. The molecule has 0 spiro atoms. The van der Waals surface area contributed by atoms with Gasteiger partial charge in [-0.25, -0.2) is 0 Å². The molecule has 0 bridgehead atoms. The van der Waals surface area contributed by atoms with Crippen LogP contribution >= 0.6 is 0 Å². The molecule has 0 unspecified atom stereocenters. The first-order chi connectivity index (χ1) is 8.61. The summed E-state index contributed by atoms with van der Waals surface area (Å²) in [5.74, 6) is -0.653. The van der Waals surface area contributed by atoms with Crippen molar-refractivity contribution in [1.82, 2.24) is 0 Å². The molecule has 0 aliphatic carbocycles. The lowest BCUT2D eigenvalue weighted by atomic mass is 10.0. The molecule has 2 aromatic carbocycles. The van der Waals surface area contributed by atoms with Crippen molar-refractivity contribution in [1.29, 1.82) is 0 Å². The zero-order valence-corrected chi connectivity index (χ0v) is 9.29. The number of carbonyl (C=O) groups excluding carboxylic acids is 1. The largest absolute Gasteiger partial charge is 0.508 e.